The molecule has 4 rings (SSSR count). The molecule has 0 aromatic heterocycles. The number of halogens is 1. The van der Waals surface area contributed by atoms with Crippen LogP contribution in [-0.4, -0.2) is 44.3 Å². The molecule has 7 nitrogen and oxygen atoms in total. The second-order valence-corrected chi connectivity index (χ2v) is 13.4. The maximum absolute atomic E-state index is 14.0. The van der Waals surface area contributed by atoms with Gasteiger partial charge in [-0.25, -0.2) is 13.1 Å². The summed E-state index contributed by atoms with van der Waals surface area (Å²) in [4.78, 5) is 29.7. The number of sulfonamides is 1. The van der Waals surface area contributed by atoms with Crippen molar-refractivity contribution in [2.75, 3.05) is 13.1 Å². The highest BCUT2D eigenvalue weighted by Crippen LogP contribution is 2.21. The Kier molecular flexibility index (Phi) is 12.6. The average Bonchev–Trinajstić information content (AvgIpc) is 3.03. The molecule has 0 saturated heterocycles. The molecule has 2 N–H and O–H groups in total. The SMILES string of the molecule is CCNS(=O)(=O)c1ccc(CCC(=O)N(Cc2ccc(Cl)cc2)[C@H](Cc2ccccc2)C(=O)NCCC2=CCCCC2)cc1. The average molecular weight is 636 g/mol. The molecule has 0 spiro atoms. The van der Waals surface area contributed by atoms with E-state index in [1.54, 1.807) is 48.2 Å². The van der Waals surface area contributed by atoms with E-state index in [1.165, 1.54) is 18.4 Å². The van der Waals surface area contributed by atoms with Gasteiger partial charge in [0.2, 0.25) is 21.8 Å². The number of nitrogens with zero attached hydrogens (tertiary/aromatic N) is 1. The molecule has 0 fully saturated rings. The van der Waals surface area contributed by atoms with E-state index in [9.17, 15) is 18.0 Å². The Hall–Kier alpha value is -3.46. The highest BCUT2D eigenvalue weighted by Gasteiger charge is 2.30. The van der Waals surface area contributed by atoms with Crippen LogP contribution in [0.15, 0.2) is 95.4 Å². The second kappa shape index (κ2) is 16.6. The number of allylic oxidation sites excluding steroid dienone is 1. The van der Waals surface area contributed by atoms with E-state index in [4.69, 9.17) is 11.6 Å². The lowest BCUT2D eigenvalue weighted by molar-refractivity contribution is -0.141. The summed E-state index contributed by atoms with van der Waals surface area (Å²) in [6.45, 7) is 2.82. The summed E-state index contributed by atoms with van der Waals surface area (Å²) in [6, 6.07) is 22.9. The van der Waals surface area contributed by atoms with Crippen LogP contribution < -0.4 is 10.0 Å². The summed E-state index contributed by atoms with van der Waals surface area (Å²) < 4.78 is 27.1. The van der Waals surface area contributed by atoms with Gasteiger partial charge in [0.15, 0.2) is 0 Å². The summed E-state index contributed by atoms with van der Waals surface area (Å²) in [5.41, 5.74) is 4.06. The van der Waals surface area contributed by atoms with Gasteiger partial charge in [0.1, 0.15) is 6.04 Å². The Labute approximate surface area is 266 Å². The molecular weight excluding hydrogens is 594 g/mol. The van der Waals surface area contributed by atoms with Gasteiger partial charge in [0.25, 0.3) is 0 Å². The van der Waals surface area contributed by atoms with E-state index in [2.05, 4.69) is 16.1 Å². The summed E-state index contributed by atoms with van der Waals surface area (Å²) in [5.74, 6) is -0.332. The molecular formula is C35H42ClN3O4S. The molecule has 0 radical (unpaired) electrons. The molecule has 0 saturated carbocycles. The van der Waals surface area contributed by atoms with E-state index < -0.39 is 16.1 Å². The van der Waals surface area contributed by atoms with Gasteiger partial charge in [0, 0.05) is 37.5 Å². The normalized spacial score (nSPS) is 14.0. The zero-order valence-electron chi connectivity index (χ0n) is 25.3. The van der Waals surface area contributed by atoms with Gasteiger partial charge < -0.3 is 10.2 Å². The topological polar surface area (TPSA) is 95.6 Å². The molecule has 3 aromatic rings. The van der Waals surface area contributed by atoms with Crippen molar-refractivity contribution in [2.45, 2.75) is 75.8 Å². The lowest BCUT2D eigenvalue weighted by Crippen LogP contribution is -2.50. The number of carbonyl (C=O) groups excluding carboxylic acids is 2. The number of nitrogens with one attached hydrogen (secondary N) is 2. The van der Waals surface area contributed by atoms with Crippen molar-refractivity contribution in [1.29, 1.82) is 0 Å². The van der Waals surface area contributed by atoms with Crippen molar-refractivity contribution in [3.8, 4) is 0 Å². The Morgan fingerprint density at radius 3 is 2.25 bits per heavy atom. The van der Waals surface area contributed by atoms with E-state index in [0.29, 0.717) is 31.0 Å². The number of benzene rings is 3. The van der Waals surface area contributed by atoms with Gasteiger partial charge in [-0.15, -0.1) is 0 Å². The molecule has 9 heteroatoms. The van der Waals surface area contributed by atoms with Crippen LogP contribution in [0.1, 0.15) is 62.1 Å². The first kappa shape index (κ1) is 33.4. The van der Waals surface area contributed by atoms with Crippen LogP contribution in [0, 0.1) is 0 Å². The van der Waals surface area contributed by atoms with Gasteiger partial charge in [0.05, 0.1) is 4.90 Å². The molecule has 0 heterocycles. The fourth-order valence-corrected chi connectivity index (χ4v) is 6.61. The third-order valence-electron chi connectivity index (χ3n) is 7.86. The van der Waals surface area contributed by atoms with E-state index in [1.807, 2.05) is 42.5 Å². The van der Waals surface area contributed by atoms with Crippen molar-refractivity contribution in [3.63, 3.8) is 0 Å². The second-order valence-electron chi connectivity index (χ2n) is 11.1. The predicted molar refractivity (Wildman–Crippen MR) is 176 cm³/mol. The van der Waals surface area contributed by atoms with Crippen LogP contribution in [0.4, 0.5) is 0 Å². The first-order valence-electron chi connectivity index (χ1n) is 15.4. The molecule has 0 aliphatic heterocycles. The number of hydrogen-bond donors (Lipinski definition) is 2. The summed E-state index contributed by atoms with van der Waals surface area (Å²) in [6.07, 6.45) is 8.63. The van der Waals surface area contributed by atoms with Gasteiger partial charge in [-0.1, -0.05) is 84.8 Å². The smallest absolute Gasteiger partial charge is 0.243 e. The Morgan fingerprint density at radius 1 is 0.886 bits per heavy atom. The zero-order valence-corrected chi connectivity index (χ0v) is 26.9. The van der Waals surface area contributed by atoms with Crippen LogP contribution in [0.25, 0.3) is 0 Å². The molecule has 0 unspecified atom stereocenters. The number of hydrogen-bond acceptors (Lipinski definition) is 4. The number of rotatable bonds is 15. The zero-order chi connectivity index (χ0) is 31.4. The fourth-order valence-electron chi connectivity index (χ4n) is 5.44. The van der Waals surface area contributed by atoms with Gasteiger partial charge >= 0.3 is 0 Å². The first-order valence-corrected chi connectivity index (χ1v) is 17.2. The fraction of sp³-hybridized carbons (Fsp3) is 0.371. The number of carbonyl (C=O) groups is 2. The van der Waals surface area contributed by atoms with Crippen LogP contribution in [-0.2, 0) is 39.0 Å². The summed E-state index contributed by atoms with van der Waals surface area (Å²) in [7, 11) is -3.56. The van der Waals surface area contributed by atoms with E-state index >= 15 is 0 Å². The minimum Gasteiger partial charge on any atom is -0.354 e. The Bertz CT molecular complexity index is 1510. The highest BCUT2D eigenvalue weighted by atomic mass is 35.5. The Balaban J connectivity index is 1.54. The van der Waals surface area contributed by atoms with Crippen molar-refractivity contribution in [1.82, 2.24) is 14.9 Å². The maximum Gasteiger partial charge on any atom is 0.243 e. The number of aryl methyl sites for hydroxylation is 1. The largest absolute Gasteiger partial charge is 0.354 e. The molecule has 2 amide bonds. The minimum atomic E-state index is -3.56. The quantitative estimate of drug-likeness (QED) is 0.194. The van der Waals surface area contributed by atoms with Crippen LogP contribution in [0.3, 0.4) is 0 Å². The monoisotopic (exact) mass is 635 g/mol. The van der Waals surface area contributed by atoms with E-state index in [0.717, 1.165) is 36.0 Å². The molecule has 1 atom stereocenters. The van der Waals surface area contributed by atoms with Gasteiger partial charge in [-0.05, 0) is 79.5 Å². The summed E-state index contributed by atoms with van der Waals surface area (Å²) >= 11 is 6.14. The Morgan fingerprint density at radius 2 is 1.59 bits per heavy atom. The molecule has 0 bridgehead atoms. The van der Waals surface area contributed by atoms with Crippen LogP contribution in [0.2, 0.25) is 5.02 Å². The van der Waals surface area contributed by atoms with Crippen molar-refractivity contribution < 1.29 is 18.0 Å². The maximum atomic E-state index is 14.0. The van der Waals surface area contributed by atoms with Gasteiger partial charge in [-0.3, -0.25) is 9.59 Å². The highest BCUT2D eigenvalue weighted by molar-refractivity contribution is 7.89. The molecule has 1 aliphatic rings. The van der Waals surface area contributed by atoms with Crippen LogP contribution in [0.5, 0.6) is 0 Å². The predicted octanol–water partition coefficient (Wildman–Crippen LogP) is 6.22. The lowest BCUT2D eigenvalue weighted by atomic mass is 9.97. The third-order valence-corrected chi connectivity index (χ3v) is 9.68. The standard InChI is InChI=1S/C35H42ClN3O4S/c1-2-38-44(42,43)32-20-15-28(16-21-32)17-22-34(40)39(26-30-13-18-31(36)19-14-30)33(25-29-11-7-4-8-12-29)35(41)37-24-23-27-9-5-3-6-10-27/h4,7-9,11-16,18-21,33,38H,2-3,5-6,10,17,22-26H2,1H3,(H,37,41)/t33-/m1/s1. The molecule has 44 heavy (non-hydrogen) atoms. The first-order chi connectivity index (χ1) is 21.2. The molecule has 3 aromatic carbocycles. The van der Waals surface area contributed by atoms with Crippen molar-refractivity contribution >= 4 is 33.4 Å². The summed E-state index contributed by atoms with van der Waals surface area (Å²) in [5, 5.41) is 3.73. The minimum absolute atomic E-state index is 0.157. The number of amides is 2. The van der Waals surface area contributed by atoms with Gasteiger partial charge in [-0.2, -0.15) is 0 Å². The lowest BCUT2D eigenvalue weighted by Gasteiger charge is -2.32. The van der Waals surface area contributed by atoms with Crippen molar-refractivity contribution in [3.05, 3.63) is 112 Å². The van der Waals surface area contributed by atoms with Crippen LogP contribution >= 0.6 is 11.6 Å². The van der Waals surface area contributed by atoms with E-state index in [-0.39, 0.29) is 29.7 Å². The molecule has 1 aliphatic carbocycles. The molecule has 234 valence electrons. The third kappa shape index (κ3) is 10.0. The van der Waals surface area contributed by atoms with Crippen molar-refractivity contribution in [2.24, 2.45) is 0 Å².